The second-order valence-corrected chi connectivity index (χ2v) is 4.50. The Kier molecular flexibility index (Phi) is 6.16. The molecule has 5 nitrogen and oxygen atoms in total. The van der Waals surface area contributed by atoms with Crippen molar-refractivity contribution in [1.82, 2.24) is 15.4 Å². The number of aromatic nitrogens is 3. The number of aromatic amines is 1. The van der Waals surface area contributed by atoms with E-state index in [4.69, 9.17) is 10.2 Å². The number of phenols is 2. The fraction of sp³-hybridized carbons (Fsp3) is 0. The summed E-state index contributed by atoms with van der Waals surface area (Å²) in [6, 6.07) is 25.2. The summed E-state index contributed by atoms with van der Waals surface area (Å²) in [6.07, 6.45) is 0. The largest absolute Gasteiger partial charge is 0.508 e. The maximum atomic E-state index is 8.63. The lowest BCUT2D eigenvalue weighted by atomic mass is 10.3. The first-order valence-electron chi connectivity index (χ1n) is 6.99. The monoisotopic (exact) mass is 307 g/mol. The molecule has 116 valence electrons. The molecule has 0 spiro atoms. The van der Waals surface area contributed by atoms with Crippen LogP contribution < -0.4 is 0 Å². The zero-order valence-corrected chi connectivity index (χ0v) is 12.4. The van der Waals surface area contributed by atoms with E-state index in [0.29, 0.717) is 11.5 Å². The Balaban J connectivity index is 0.000000127. The second kappa shape index (κ2) is 8.84. The average Bonchev–Trinajstić information content (AvgIpc) is 3.06. The van der Waals surface area contributed by atoms with Crippen molar-refractivity contribution >= 4 is 11.0 Å². The van der Waals surface area contributed by atoms with Crippen molar-refractivity contribution in [3.05, 3.63) is 84.9 Å². The maximum absolute atomic E-state index is 8.63. The molecule has 1 aromatic heterocycles. The van der Waals surface area contributed by atoms with Gasteiger partial charge in [-0.1, -0.05) is 53.7 Å². The summed E-state index contributed by atoms with van der Waals surface area (Å²) in [4.78, 5) is 0. The number of hydrogen-bond donors (Lipinski definition) is 3. The van der Waals surface area contributed by atoms with Crippen molar-refractivity contribution < 1.29 is 10.2 Å². The third-order valence-electron chi connectivity index (χ3n) is 2.74. The molecule has 0 radical (unpaired) electrons. The highest BCUT2D eigenvalue weighted by Crippen LogP contribution is 2.04. The van der Waals surface area contributed by atoms with Crippen LogP contribution in [-0.4, -0.2) is 25.6 Å². The normalized spacial score (nSPS) is 9.22. The van der Waals surface area contributed by atoms with E-state index in [2.05, 4.69) is 15.4 Å². The van der Waals surface area contributed by atoms with Gasteiger partial charge in [0.1, 0.15) is 17.0 Å². The van der Waals surface area contributed by atoms with Gasteiger partial charge in [0.25, 0.3) is 0 Å². The van der Waals surface area contributed by atoms with Gasteiger partial charge in [0, 0.05) is 0 Å². The van der Waals surface area contributed by atoms with Crippen LogP contribution in [0.5, 0.6) is 11.5 Å². The smallest absolute Gasteiger partial charge is 0.115 e. The van der Waals surface area contributed by atoms with E-state index < -0.39 is 0 Å². The Bertz CT molecular complexity index is 734. The van der Waals surface area contributed by atoms with Crippen molar-refractivity contribution in [1.29, 1.82) is 0 Å². The molecule has 0 atom stereocenters. The number of fused-ring (bicyclic) bond motifs is 1. The number of rotatable bonds is 0. The molecule has 0 amide bonds. The molecule has 1 heterocycles. The number of nitrogens with one attached hydrogen (secondary N) is 1. The van der Waals surface area contributed by atoms with Gasteiger partial charge in [-0.05, 0) is 36.4 Å². The van der Waals surface area contributed by atoms with E-state index in [-0.39, 0.29) is 0 Å². The Hall–Kier alpha value is -3.34. The zero-order chi connectivity index (χ0) is 16.3. The lowest BCUT2D eigenvalue weighted by molar-refractivity contribution is 0.475. The van der Waals surface area contributed by atoms with Crippen LogP contribution in [0.25, 0.3) is 11.0 Å². The lowest BCUT2D eigenvalue weighted by Gasteiger charge is -1.82. The number of nitrogens with zero attached hydrogens (tertiary/aromatic N) is 2. The molecule has 0 aliphatic rings. The third kappa shape index (κ3) is 5.89. The van der Waals surface area contributed by atoms with Gasteiger partial charge >= 0.3 is 0 Å². The van der Waals surface area contributed by atoms with Gasteiger partial charge in [-0.25, -0.2) is 0 Å². The molecular formula is C18H17N3O2. The van der Waals surface area contributed by atoms with Crippen molar-refractivity contribution in [2.75, 3.05) is 0 Å². The van der Waals surface area contributed by atoms with Gasteiger partial charge in [-0.3, -0.25) is 5.10 Å². The summed E-state index contributed by atoms with van der Waals surface area (Å²) in [6.45, 7) is 0. The Morgan fingerprint density at radius 3 is 1.52 bits per heavy atom. The molecule has 0 unspecified atom stereocenters. The summed E-state index contributed by atoms with van der Waals surface area (Å²) in [5.41, 5.74) is 1.90. The molecule has 3 N–H and O–H groups in total. The Morgan fingerprint density at radius 2 is 1.09 bits per heavy atom. The summed E-state index contributed by atoms with van der Waals surface area (Å²) >= 11 is 0. The van der Waals surface area contributed by atoms with Crippen LogP contribution in [0.2, 0.25) is 0 Å². The number of H-pyrrole nitrogens is 1. The molecule has 4 aromatic rings. The molecule has 0 bridgehead atoms. The second-order valence-electron chi connectivity index (χ2n) is 4.50. The van der Waals surface area contributed by atoms with Gasteiger partial charge < -0.3 is 10.2 Å². The number of aromatic hydroxyl groups is 2. The van der Waals surface area contributed by atoms with E-state index >= 15 is 0 Å². The minimum absolute atomic E-state index is 0.322. The van der Waals surface area contributed by atoms with Crippen LogP contribution in [-0.2, 0) is 0 Å². The summed E-state index contributed by atoms with van der Waals surface area (Å²) < 4.78 is 0. The number of phenolic OH excluding ortho intramolecular Hbond substituents is 2. The fourth-order valence-electron chi connectivity index (χ4n) is 1.64. The van der Waals surface area contributed by atoms with Crippen LogP contribution in [0, 0.1) is 0 Å². The third-order valence-corrected chi connectivity index (χ3v) is 2.74. The minimum atomic E-state index is 0.322. The van der Waals surface area contributed by atoms with Gasteiger partial charge in [-0.15, -0.1) is 5.10 Å². The van der Waals surface area contributed by atoms with E-state index in [1.54, 1.807) is 48.5 Å². The molecule has 0 fully saturated rings. The topological polar surface area (TPSA) is 82.0 Å². The highest BCUT2D eigenvalue weighted by Gasteiger charge is 1.90. The van der Waals surface area contributed by atoms with Crippen LogP contribution in [0.3, 0.4) is 0 Å². The number of hydrogen-bond acceptors (Lipinski definition) is 4. The van der Waals surface area contributed by atoms with Crippen molar-refractivity contribution in [3.63, 3.8) is 0 Å². The summed E-state index contributed by atoms with van der Waals surface area (Å²) in [7, 11) is 0. The maximum Gasteiger partial charge on any atom is 0.115 e. The molecule has 4 rings (SSSR count). The predicted molar refractivity (Wildman–Crippen MR) is 90.1 cm³/mol. The van der Waals surface area contributed by atoms with E-state index in [1.807, 2.05) is 36.4 Å². The fourth-order valence-corrected chi connectivity index (χ4v) is 1.64. The Labute approximate surface area is 133 Å². The van der Waals surface area contributed by atoms with Crippen molar-refractivity contribution in [2.24, 2.45) is 0 Å². The minimum Gasteiger partial charge on any atom is -0.508 e. The van der Waals surface area contributed by atoms with Crippen LogP contribution in [0.4, 0.5) is 0 Å². The first-order valence-corrected chi connectivity index (χ1v) is 6.99. The standard InChI is InChI=1S/C6H5N3.2C6H6O/c1-2-4-6-5(3-1)7-9-8-6;2*7-6-4-2-1-3-5-6/h1-4H,(H,7,8,9);2*1-5,7H. The SMILES string of the molecule is Oc1ccccc1.Oc1ccccc1.c1ccc2[nH]nnc2c1. The average molecular weight is 307 g/mol. The Morgan fingerprint density at radius 1 is 0.609 bits per heavy atom. The summed E-state index contributed by atoms with van der Waals surface area (Å²) in [5.74, 6) is 0.644. The van der Waals surface area contributed by atoms with E-state index in [0.717, 1.165) is 11.0 Å². The molecule has 23 heavy (non-hydrogen) atoms. The molecule has 0 aliphatic heterocycles. The van der Waals surface area contributed by atoms with Gasteiger partial charge in [0.15, 0.2) is 0 Å². The highest BCUT2D eigenvalue weighted by molar-refractivity contribution is 5.72. The van der Waals surface area contributed by atoms with Gasteiger partial charge in [0.2, 0.25) is 0 Å². The quantitative estimate of drug-likeness (QED) is 0.462. The van der Waals surface area contributed by atoms with Crippen LogP contribution in [0.1, 0.15) is 0 Å². The number of para-hydroxylation sites is 3. The van der Waals surface area contributed by atoms with Gasteiger partial charge in [0.05, 0.1) is 5.52 Å². The van der Waals surface area contributed by atoms with Crippen LogP contribution >= 0.6 is 0 Å². The molecule has 0 saturated carbocycles. The molecule has 0 saturated heterocycles. The summed E-state index contributed by atoms with van der Waals surface area (Å²) in [5, 5.41) is 27.5. The van der Waals surface area contributed by atoms with Crippen molar-refractivity contribution in [2.45, 2.75) is 0 Å². The van der Waals surface area contributed by atoms with Gasteiger partial charge in [-0.2, -0.15) is 0 Å². The first kappa shape index (κ1) is 16.0. The first-order chi connectivity index (χ1) is 11.3. The van der Waals surface area contributed by atoms with Crippen molar-refractivity contribution in [3.8, 4) is 11.5 Å². The lowest BCUT2D eigenvalue weighted by Crippen LogP contribution is -1.63. The zero-order valence-electron chi connectivity index (χ0n) is 12.4. The predicted octanol–water partition coefficient (Wildman–Crippen LogP) is 3.74. The molecule has 0 aliphatic carbocycles. The number of benzene rings is 3. The molecule has 5 heteroatoms. The van der Waals surface area contributed by atoms with E-state index in [1.165, 1.54) is 0 Å². The highest BCUT2D eigenvalue weighted by atomic mass is 16.3. The van der Waals surface area contributed by atoms with E-state index in [9.17, 15) is 0 Å². The molecule has 3 aromatic carbocycles. The van der Waals surface area contributed by atoms with Crippen LogP contribution in [0.15, 0.2) is 84.9 Å². The molecular weight excluding hydrogens is 290 g/mol.